The minimum Gasteiger partial charge on any atom is -0.480 e. The molecular formula is C20H38N6O6S. The fourth-order valence-corrected chi connectivity index (χ4v) is 3.34. The molecule has 4 atom stereocenters. The van der Waals surface area contributed by atoms with E-state index in [0.717, 1.165) is 0 Å². The van der Waals surface area contributed by atoms with Gasteiger partial charge in [0.1, 0.15) is 18.1 Å². The van der Waals surface area contributed by atoms with Crippen molar-refractivity contribution in [3.8, 4) is 0 Å². The quantitative estimate of drug-likeness (QED) is 0.115. The number of hydrogen-bond acceptors (Lipinski definition) is 8. The molecule has 0 aliphatic carbocycles. The van der Waals surface area contributed by atoms with Crippen LogP contribution in [0, 0.1) is 5.92 Å². The molecule has 12 nitrogen and oxygen atoms in total. The summed E-state index contributed by atoms with van der Waals surface area (Å²) >= 11 is 1.44. The van der Waals surface area contributed by atoms with Crippen molar-refractivity contribution in [2.45, 2.75) is 70.1 Å². The first-order valence-corrected chi connectivity index (χ1v) is 12.2. The minimum absolute atomic E-state index is 0.212. The standard InChI is InChI=1S/C20H38N6O6S/c1-11(2)16(19(30)24-13(20(31)32)7-9-33-3)26-18(29)14(10-15(23)27)25-17(28)12(22)6-4-5-8-21/h11-14,16H,4-10,21-22H2,1-3H3,(H2,23,27)(H,24,30)(H,25,28)(H,26,29)(H,31,32). The van der Waals surface area contributed by atoms with E-state index in [1.165, 1.54) is 11.8 Å². The average Bonchev–Trinajstić information content (AvgIpc) is 2.73. The molecule has 0 bridgehead atoms. The largest absolute Gasteiger partial charge is 0.480 e. The fraction of sp³-hybridized carbons (Fsp3) is 0.750. The average molecular weight is 491 g/mol. The highest BCUT2D eigenvalue weighted by Gasteiger charge is 2.32. The maximum Gasteiger partial charge on any atom is 0.326 e. The van der Waals surface area contributed by atoms with Gasteiger partial charge in [-0.2, -0.15) is 11.8 Å². The van der Waals surface area contributed by atoms with E-state index >= 15 is 0 Å². The number of carbonyl (C=O) groups excluding carboxylic acids is 4. The Morgan fingerprint density at radius 3 is 2.00 bits per heavy atom. The highest BCUT2D eigenvalue weighted by molar-refractivity contribution is 7.98. The van der Waals surface area contributed by atoms with Gasteiger partial charge in [-0.3, -0.25) is 19.2 Å². The molecule has 0 aliphatic heterocycles. The van der Waals surface area contributed by atoms with E-state index in [-0.39, 0.29) is 6.42 Å². The number of aliphatic carboxylic acids is 1. The van der Waals surface area contributed by atoms with Crippen LogP contribution in [0.15, 0.2) is 0 Å². The van der Waals surface area contributed by atoms with Crippen molar-refractivity contribution >= 4 is 41.4 Å². The van der Waals surface area contributed by atoms with Gasteiger partial charge in [-0.15, -0.1) is 0 Å². The second-order valence-corrected chi connectivity index (χ2v) is 9.02. The summed E-state index contributed by atoms with van der Waals surface area (Å²) in [5, 5.41) is 16.7. The molecule has 10 N–H and O–H groups in total. The Balaban J connectivity index is 5.32. The lowest BCUT2D eigenvalue weighted by Crippen LogP contribution is -2.59. The van der Waals surface area contributed by atoms with Gasteiger partial charge in [-0.05, 0) is 43.7 Å². The molecule has 0 aromatic rings. The SMILES string of the molecule is CSCCC(NC(=O)C(NC(=O)C(CC(N)=O)NC(=O)C(N)CCCCN)C(C)C)C(=O)O. The van der Waals surface area contributed by atoms with Crippen molar-refractivity contribution in [1.82, 2.24) is 16.0 Å². The molecule has 0 radical (unpaired) electrons. The number of thioether (sulfide) groups is 1. The zero-order valence-corrected chi connectivity index (χ0v) is 20.3. The first kappa shape index (κ1) is 30.6. The van der Waals surface area contributed by atoms with Gasteiger partial charge < -0.3 is 38.3 Å². The number of carboxylic acid groups (broad SMARTS) is 1. The van der Waals surface area contributed by atoms with Gasteiger partial charge in [-0.1, -0.05) is 20.3 Å². The molecule has 0 saturated carbocycles. The van der Waals surface area contributed by atoms with Crippen molar-refractivity contribution in [2.75, 3.05) is 18.6 Å². The van der Waals surface area contributed by atoms with Crippen molar-refractivity contribution < 1.29 is 29.1 Å². The lowest BCUT2D eigenvalue weighted by molar-refractivity contribution is -0.142. The van der Waals surface area contributed by atoms with E-state index in [2.05, 4.69) is 16.0 Å². The second-order valence-electron chi connectivity index (χ2n) is 8.03. The first-order chi connectivity index (χ1) is 15.4. The van der Waals surface area contributed by atoms with Gasteiger partial charge >= 0.3 is 5.97 Å². The topological polar surface area (TPSA) is 220 Å². The van der Waals surface area contributed by atoms with Crippen LogP contribution in [0.2, 0.25) is 0 Å². The zero-order chi connectivity index (χ0) is 25.6. The third-order valence-electron chi connectivity index (χ3n) is 4.82. The van der Waals surface area contributed by atoms with E-state index < -0.39 is 66.1 Å². The van der Waals surface area contributed by atoms with Crippen LogP contribution in [0.5, 0.6) is 0 Å². The summed E-state index contributed by atoms with van der Waals surface area (Å²) in [5.74, 6) is -4.03. The molecule has 4 amide bonds. The van der Waals surface area contributed by atoms with Crippen LogP contribution < -0.4 is 33.2 Å². The molecule has 0 aromatic heterocycles. The van der Waals surface area contributed by atoms with Crippen molar-refractivity contribution in [2.24, 2.45) is 23.1 Å². The predicted octanol–water partition coefficient (Wildman–Crippen LogP) is -1.73. The van der Waals surface area contributed by atoms with Crippen LogP contribution in [-0.4, -0.2) is 77.4 Å². The lowest BCUT2D eigenvalue weighted by Gasteiger charge is -2.26. The Morgan fingerprint density at radius 1 is 0.909 bits per heavy atom. The molecule has 0 spiro atoms. The third kappa shape index (κ3) is 12.4. The number of primary amides is 1. The summed E-state index contributed by atoms with van der Waals surface area (Å²) in [6.07, 6.45) is 3.18. The summed E-state index contributed by atoms with van der Waals surface area (Å²) in [4.78, 5) is 60.8. The summed E-state index contributed by atoms with van der Waals surface area (Å²) < 4.78 is 0. The summed E-state index contributed by atoms with van der Waals surface area (Å²) in [7, 11) is 0. The van der Waals surface area contributed by atoms with Crippen molar-refractivity contribution in [3.63, 3.8) is 0 Å². The van der Waals surface area contributed by atoms with Crippen LogP contribution in [-0.2, 0) is 24.0 Å². The summed E-state index contributed by atoms with van der Waals surface area (Å²) in [5.41, 5.74) is 16.5. The maximum absolute atomic E-state index is 12.8. The van der Waals surface area contributed by atoms with Gasteiger partial charge in [0.05, 0.1) is 12.5 Å². The van der Waals surface area contributed by atoms with Crippen LogP contribution in [0.25, 0.3) is 0 Å². The lowest BCUT2D eigenvalue weighted by atomic mass is 10.0. The number of unbranched alkanes of at least 4 members (excludes halogenated alkanes) is 1. The number of amides is 4. The van der Waals surface area contributed by atoms with Gasteiger partial charge in [0.15, 0.2) is 0 Å². The molecule has 4 unspecified atom stereocenters. The number of nitrogens with one attached hydrogen (secondary N) is 3. The Kier molecular flexibility index (Phi) is 15.1. The van der Waals surface area contributed by atoms with Crippen LogP contribution >= 0.6 is 11.8 Å². The molecule has 13 heteroatoms. The van der Waals surface area contributed by atoms with Gasteiger partial charge in [-0.25, -0.2) is 4.79 Å². The molecule has 33 heavy (non-hydrogen) atoms. The number of nitrogens with two attached hydrogens (primary N) is 3. The monoisotopic (exact) mass is 490 g/mol. The highest BCUT2D eigenvalue weighted by Crippen LogP contribution is 2.07. The van der Waals surface area contributed by atoms with E-state index in [9.17, 15) is 29.1 Å². The molecule has 0 aromatic carbocycles. The molecular weight excluding hydrogens is 452 g/mol. The van der Waals surface area contributed by atoms with Crippen LogP contribution in [0.3, 0.4) is 0 Å². The summed E-state index contributed by atoms with van der Waals surface area (Å²) in [6, 6.07) is -4.46. The van der Waals surface area contributed by atoms with E-state index in [0.29, 0.717) is 31.6 Å². The minimum atomic E-state index is -1.34. The van der Waals surface area contributed by atoms with Gasteiger partial charge in [0, 0.05) is 0 Å². The number of rotatable bonds is 17. The molecule has 190 valence electrons. The number of carboxylic acids is 1. The highest BCUT2D eigenvalue weighted by atomic mass is 32.2. The Morgan fingerprint density at radius 2 is 1.52 bits per heavy atom. The molecule has 0 aliphatic rings. The van der Waals surface area contributed by atoms with Gasteiger partial charge in [0.25, 0.3) is 0 Å². The Labute approximate surface area is 198 Å². The van der Waals surface area contributed by atoms with Gasteiger partial charge in [0.2, 0.25) is 23.6 Å². The molecule has 0 rings (SSSR count). The van der Waals surface area contributed by atoms with Crippen molar-refractivity contribution in [1.29, 1.82) is 0 Å². The Hall–Kier alpha value is -2.38. The Bertz CT molecular complexity index is 677. The number of carbonyl (C=O) groups is 5. The molecule has 0 saturated heterocycles. The normalized spacial score (nSPS) is 14.6. The van der Waals surface area contributed by atoms with E-state index in [1.807, 2.05) is 6.26 Å². The second kappa shape index (κ2) is 16.3. The predicted molar refractivity (Wildman–Crippen MR) is 126 cm³/mol. The zero-order valence-electron chi connectivity index (χ0n) is 19.5. The van der Waals surface area contributed by atoms with Crippen LogP contribution in [0.4, 0.5) is 0 Å². The number of hydrogen-bond donors (Lipinski definition) is 7. The fourth-order valence-electron chi connectivity index (χ4n) is 2.87. The van der Waals surface area contributed by atoms with Crippen LogP contribution in [0.1, 0.15) is 46.0 Å². The third-order valence-corrected chi connectivity index (χ3v) is 5.46. The van der Waals surface area contributed by atoms with Crippen molar-refractivity contribution in [3.05, 3.63) is 0 Å². The summed E-state index contributed by atoms with van der Waals surface area (Å²) in [6.45, 7) is 3.79. The molecule has 0 fully saturated rings. The van der Waals surface area contributed by atoms with E-state index in [4.69, 9.17) is 17.2 Å². The first-order valence-electron chi connectivity index (χ1n) is 10.8. The van der Waals surface area contributed by atoms with E-state index in [1.54, 1.807) is 13.8 Å². The molecule has 0 heterocycles. The smallest absolute Gasteiger partial charge is 0.326 e. The maximum atomic E-state index is 12.8.